The quantitative estimate of drug-likeness (QED) is 0.646. The van der Waals surface area contributed by atoms with Gasteiger partial charge in [-0.15, -0.1) is 0 Å². The third-order valence-electron chi connectivity index (χ3n) is 2.88. The number of carbonyl (C=O) groups excluding carboxylic acids is 1. The first-order chi connectivity index (χ1) is 10.5. The molecule has 0 aliphatic carbocycles. The molecule has 0 aliphatic heterocycles. The summed E-state index contributed by atoms with van der Waals surface area (Å²) < 4.78 is 0. The van der Waals surface area contributed by atoms with Crippen LogP contribution in [0.1, 0.15) is 5.56 Å². The Hall–Kier alpha value is -1.96. The Morgan fingerprint density at radius 2 is 2.23 bits per heavy atom. The van der Waals surface area contributed by atoms with Gasteiger partial charge < -0.3 is 5.32 Å². The molecule has 6 nitrogen and oxygen atoms in total. The van der Waals surface area contributed by atoms with Crippen molar-refractivity contribution in [3.8, 4) is 0 Å². The number of anilines is 1. The number of carbonyl (C=O) groups is 1. The normalized spacial score (nSPS) is 10.7. The summed E-state index contributed by atoms with van der Waals surface area (Å²) in [5, 5.41) is 17.4. The maximum atomic E-state index is 12.0. The minimum atomic E-state index is -0.536. The molecular formula is C14H14ClN3O3S. The maximum absolute atomic E-state index is 12.0. The third-order valence-corrected chi connectivity index (χ3v) is 3.93. The molecule has 0 saturated heterocycles. The summed E-state index contributed by atoms with van der Waals surface area (Å²) in [4.78, 5) is 24.0. The molecule has 2 rings (SSSR count). The van der Waals surface area contributed by atoms with Crippen LogP contribution in [-0.4, -0.2) is 29.3 Å². The minimum Gasteiger partial charge on any atom is -0.324 e. The second kappa shape index (κ2) is 7.35. The summed E-state index contributed by atoms with van der Waals surface area (Å²) in [5.41, 5.74) is 1.40. The van der Waals surface area contributed by atoms with Crippen LogP contribution in [0.4, 0.5) is 11.4 Å². The van der Waals surface area contributed by atoms with Crippen LogP contribution in [0, 0.1) is 10.1 Å². The van der Waals surface area contributed by atoms with E-state index >= 15 is 0 Å². The Morgan fingerprint density at radius 3 is 2.82 bits per heavy atom. The molecule has 1 aromatic heterocycles. The Labute approximate surface area is 136 Å². The molecular weight excluding hydrogens is 326 g/mol. The average molecular weight is 340 g/mol. The lowest BCUT2D eigenvalue weighted by molar-refractivity contribution is -0.384. The van der Waals surface area contributed by atoms with Gasteiger partial charge in [0.05, 0.1) is 22.2 Å². The first-order valence-corrected chi connectivity index (χ1v) is 7.71. The van der Waals surface area contributed by atoms with Gasteiger partial charge in [-0.1, -0.05) is 11.6 Å². The van der Waals surface area contributed by atoms with Crippen molar-refractivity contribution in [2.45, 2.75) is 6.54 Å². The van der Waals surface area contributed by atoms with E-state index < -0.39 is 4.92 Å². The molecule has 0 bridgehead atoms. The van der Waals surface area contributed by atoms with Gasteiger partial charge in [0.1, 0.15) is 0 Å². The Kier molecular flexibility index (Phi) is 5.48. The standard InChI is InChI=1S/C14H14ClN3O3S/c1-17(7-10-4-5-22-9-10)8-14(19)16-13-3-2-11(18(20)21)6-12(13)15/h2-6,9H,7-8H2,1H3,(H,16,19). The number of nitro groups is 1. The van der Waals surface area contributed by atoms with Crippen molar-refractivity contribution in [2.75, 3.05) is 18.9 Å². The molecule has 0 radical (unpaired) electrons. The van der Waals surface area contributed by atoms with E-state index in [1.807, 2.05) is 28.8 Å². The van der Waals surface area contributed by atoms with Crippen LogP contribution in [0.25, 0.3) is 0 Å². The molecule has 8 heteroatoms. The molecule has 0 atom stereocenters. The number of rotatable bonds is 6. The highest BCUT2D eigenvalue weighted by Crippen LogP contribution is 2.26. The van der Waals surface area contributed by atoms with Gasteiger partial charge >= 0.3 is 0 Å². The van der Waals surface area contributed by atoms with E-state index in [2.05, 4.69) is 5.32 Å². The fraction of sp³-hybridized carbons (Fsp3) is 0.214. The number of hydrogen-bond donors (Lipinski definition) is 1. The SMILES string of the molecule is CN(CC(=O)Nc1ccc([N+](=O)[O-])cc1Cl)Cc1ccsc1. The van der Waals surface area contributed by atoms with E-state index in [9.17, 15) is 14.9 Å². The van der Waals surface area contributed by atoms with Gasteiger partial charge in [0, 0.05) is 18.7 Å². The zero-order valence-corrected chi connectivity index (χ0v) is 13.4. The van der Waals surface area contributed by atoms with Crippen LogP contribution in [0.3, 0.4) is 0 Å². The predicted octanol–water partition coefficient (Wildman–Crippen LogP) is 3.38. The number of amides is 1. The number of hydrogen-bond acceptors (Lipinski definition) is 5. The van der Waals surface area contributed by atoms with Gasteiger partial charge in [-0.05, 0) is 35.5 Å². The first kappa shape index (κ1) is 16.4. The number of benzene rings is 1. The van der Waals surface area contributed by atoms with Crippen molar-refractivity contribution in [3.05, 3.63) is 55.7 Å². The number of likely N-dealkylation sites (N-methyl/N-ethyl adjacent to an activating group) is 1. The lowest BCUT2D eigenvalue weighted by atomic mass is 10.2. The summed E-state index contributed by atoms with van der Waals surface area (Å²) in [6, 6.07) is 5.95. The van der Waals surface area contributed by atoms with Gasteiger partial charge in [-0.2, -0.15) is 11.3 Å². The molecule has 0 aliphatic rings. The van der Waals surface area contributed by atoms with Crippen molar-refractivity contribution >= 4 is 40.2 Å². The van der Waals surface area contributed by atoms with Crippen molar-refractivity contribution in [2.24, 2.45) is 0 Å². The summed E-state index contributed by atoms with van der Waals surface area (Å²) in [6.45, 7) is 0.869. The number of nitrogens with zero attached hydrogens (tertiary/aromatic N) is 2. The Balaban J connectivity index is 1.93. The van der Waals surface area contributed by atoms with Crippen molar-refractivity contribution < 1.29 is 9.72 Å². The molecule has 0 unspecified atom stereocenters. The third kappa shape index (κ3) is 4.52. The van der Waals surface area contributed by atoms with Crippen molar-refractivity contribution in [1.29, 1.82) is 0 Å². The topological polar surface area (TPSA) is 75.5 Å². The summed E-state index contributed by atoms with van der Waals surface area (Å²) in [7, 11) is 1.84. The maximum Gasteiger partial charge on any atom is 0.271 e. The average Bonchev–Trinajstić information content (AvgIpc) is 2.93. The van der Waals surface area contributed by atoms with Crippen LogP contribution >= 0.6 is 22.9 Å². The monoisotopic (exact) mass is 339 g/mol. The van der Waals surface area contributed by atoms with Crippen molar-refractivity contribution in [1.82, 2.24) is 4.90 Å². The van der Waals surface area contributed by atoms with E-state index in [1.54, 1.807) is 11.3 Å². The largest absolute Gasteiger partial charge is 0.324 e. The van der Waals surface area contributed by atoms with Gasteiger partial charge in [-0.25, -0.2) is 0 Å². The van der Waals surface area contributed by atoms with Crippen LogP contribution in [0.15, 0.2) is 35.0 Å². The van der Waals surface area contributed by atoms with Crippen molar-refractivity contribution in [3.63, 3.8) is 0 Å². The summed E-state index contributed by atoms with van der Waals surface area (Å²) in [5.74, 6) is -0.228. The molecule has 2 aromatic rings. The second-order valence-electron chi connectivity index (χ2n) is 4.77. The second-order valence-corrected chi connectivity index (χ2v) is 5.96. The Morgan fingerprint density at radius 1 is 1.45 bits per heavy atom. The predicted molar refractivity (Wildman–Crippen MR) is 87.4 cm³/mol. The number of nitro benzene ring substituents is 1. The van der Waals surface area contributed by atoms with Crippen LogP contribution < -0.4 is 5.32 Å². The highest BCUT2D eigenvalue weighted by atomic mass is 35.5. The lowest BCUT2D eigenvalue weighted by Crippen LogP contribution is -2.29. The number of non-ortho nitro benzene ring substituents is 1. The van der Waals surface area contributed by atoms with Gasteiger partial charge in [-0.3, -0.25) is 19.8 Å². The summed E-state index contributed by atoms with van der Waals surface area (Å²) in [6.07, 6.45) is 0. The highest BCUT2D eigenvalue weighted by molar-refractivity contribution is 7.07. The molecule has 116 valence electrons. The van der Waals surface area contributed by atoms with E-state index in [0.29, 0.717) is 12.2 Å². The fourth-order valence-corrected chi connectivity index (χ4v) is 2.79. The molecule has 1 amide bonds. The fourth-order valence-electron chi connectivity index (χ4n) is 1.90. The van der Waals surface area contributed by atoms with E-state index in [4.69, 9.17) is 11.6 Å². The lowest BCUT2D eigenvalue weighted by Gasteiger charge is -2.15. The smallest absolute Gasteiger partial charge is 0.271 e. The number of nitrogens with one attached hydrogen (secondary N) is 1. The van der Waals surface area contributed by atoms with E-state index in [-0.39, 0.29) is 23.2 Å². The minimum absolute atomic E-state index is 0.113. The van der Waals surface area contributed by atoms with E-state index in [1.165, 1.54) is 18.2 Å². The van der Waals surface area contributed by atoms with Gasteiger partial charge in [0.15, 0.2) is 0 Å². The highest BCUT2D eigenvalue weighted by Gasteiger charge is 2.13. The van der Waals surface area contributed by atoms with E-state index in [0.717, 1.165) is 5.56 Å². The molecule has 0 spiro atoms. The van der Waals surface area contributed by atoms with Crippen LogP contribution in [0.2, 0.25) is 5.02 Å². The number of thiophene rings is 1. The molecule has 1 aromatic carbocycles. The Bertz CT molecular complexity index is 676. The molecule has 0 fully saturated rings. The van der Waals surface area contributed by atoms with Gasteiger partial charge in [0.2, 0.25) is 5.91 Å². The zero-order valence-electron chi connectivity index (χ0n) is 11.8. The molecule has 0 saturated carbocycles. The van der Waals surface area contributed by atoms with Crippen LogP contribution in [-0.2, 0) is 11.3 Å². The molecule has 1 N–H and O–H groups in total. The zero-order chi connectivity index (χ0) is 16.1. The molecule has 22 heavy (non-hydrogen) atoms. The molecule has 1 heterocycles. The van der Waals surface area contributed by atoms with Gasteiger partial charge in [0.25, 0.3) is 5.69 Å². The summed E-state index contributed by atoms with van der Waals surface area (Å²) >= 11 is 7.55. The number of halogens is 1. The first-order valence-electron chi connectivity index (χ1n) is 6.39. The van der Waals surface area contributed by atoms with Crippen LogP contribution in [0.5, 0.6) is 0 Å².